The summed E-state index contributed by atoms with van der Waals surface area (Å²) in [7, 11) is 1.44. The van der Waals surface area contributed by atoms with Crippen molar-refractivity contribution in [3.63, 3.8) is 0 Å². The van der Waals surface area contributed by atoms with Crippen LogP contribution in [0.3, 0.4) is 0 Å². The van der Waals surface area contributed by atoms with Gasteiger partial charge in [0.2, 0.25) is 29.5 Å². The van der Waals surface area contributed by atoms with Crippen molar-refractivity contribution in [1.29, 1.82) is 0 Å². The third-order valence-corrected chi connectivity index (χ3v) is 9.86. The highest BCUT2D eigenvalue weighted by molar-refractivity contribution is 5.96. The zero-order valence-corrected chi connectivity index (χ0v) is 35.8. The van der Waals surface area contributed by atoms with Gasteiger partial charge in [-0.05, 0) is 82.4 Å². The van der Waals surface area contributed by atoms with Gasteiger partial charge in [0.25, 0.3) is 0 Å². The number of nitrogens with one attached hydrogen (secondary N) is 4. The molecule has 5 amide bonds. The molecule has 0 aromatic heterocycles. The van der Waals surface area contributed by atoms with Crippen molar-refractivity contribution < 1.29 is 48.8 Å². The average molecular weight is 807 g/mol. The number of nitrogens with two attached hydrogens (primary N) is 1. The van der Waals surface area contributed by atoms with Gasteiger partial charge in [-0.1, -0.05) is 66.5 Å². The first-order chi connectivity index (χ1) is 26.5. The lowest BCUT2D eigenvalue weighted by Gasteiger charge is -2.35. The van der Waals surface area contributed by atoms with E-state index in [4.69, 9.17) is 10.5 Å². The lowest BCUT2D eigenvalue weighted by molar-refractivity contribution is -0.144. The van der Waals surface area contributed by atoms with E-state index >= 15 is 0 Å². The predicted molar refractivity (Wildman–Crippen MR) is 217 cm³/mol. The first-order valence-electron chi connectivity index (χ1n) is 20.0. The second-order valence-corrected chi connectivity index (χ2v) is 16.5. The minimum Gasteiger partial charge on any atom is -0.488 e. The highest BCUT2D eigenvalue weighted by atomic mass is 16.5. The van der Waals surface area contributed by atoms with Crippen LogP contribution in [0.4, 0.5) is 0 Å². The predicted octanol–water partition coefficient (Wildman–Crippen LogP) is 1.88. The number of carbonyl (C=O) groups excluding carboxylic acids is 5. The van der Waals surface area contributed by atoms with Crippen LogP contribution >= 0.6 is 0 Å². The van der Waals surface area contributed by atoms with Crippen LogP contribution in [0.1, 0.15) is 107 Å². The number of nitrogens with zero attached hydrogens (tertiary/aromatic N) is 1. The molecule has 0 heterocycles. The Kier molecular flexibility index (Phi) is 21.2. The Balaban J connectivity index is 3.60. The molecule has 0 saturated heterocycles. The van der Waals surface area contributed by atoms with E-state index in [9.17, 15) is 44.1 Å². The van der Waals surface area contributed by atoms with Crippen molar-refractivity contribution in [3.8, 4) is 5.75 Å². The molecular weight excluding hydrogens is 736 g/mol. The number of likely N-dealkylation sites (N-methyl/N-ethyl adjacent to an activating group) is 1. The lowest BCUT2D eigenvalue weighted by Crippen LogP contribution is -2.62. The normalized spacial score (nSPS) is 16.4. The highest BCUT2D eigenvalue weighted by Gasteiger charge is 2.39. The summed E-state index contributed by atoms with van der Waals surface area (Å²) in [6.45, 7) is 17.6. The molecule has 0 radical (unpaired) electrons. The number of aliphatic carboxylic acids is 1. The van der Waals surface area contributed by atoms with Gasteiger partial charge in [0.05, 0.1) is 12.1 Å². The minimum atomic E-state index is -1.55. The number of carboxylic acids is 1. The van der Waals surface area contributed by atoms with Gasteiger partial charge in [-0.15, -0.1) is 0 Å². The quantitative estimate of drug-likeness (QED) is 0.0749. The van der Waals surface area contributed by atoms with Crippen LogP contribution in [0.15, 0.2) is 24.3 Å². The third-order valence-electron chi connectivity index (χ3n) is 9.86. The fourth-order valence-electron chi connectivity index (χ4n) is 5.99. The number of rotatable bonds is 24. The van der Waals surface area contributed by atoms with Crippen molar-refractivity contribution in [2.45, 2.75) is 156 Å². The molecule has 0 unspecified atom stereocenters. The number of aliphatic hydroxyl groups excluding tert-OH is 2. The molecule has 16 heteroatoms. The summed E-state index contributed by atoms with van der Waals surface area (Å²) in [5.74, 6) is -5.15. The zero-order valence-electron chi connectivity index (χ0n) is 35.8. The van der Waals surface area contributed by atoms with E-state index in [0.29, 0.717) is 30.6 Å². The molecule has 1 rings (SSSR count). The third kappa shape index (κ3) is 17.0. The highest BCUT2D eigenvalue weighted by Crippen LogP contribution is 2.21. The van der Waals surface area contributed by atoms with Crippen LogP contribution in [0.2, 0.25) is 0 Å². The Morgan fingerprint density at radius 2 is 1.30 bits per heavy atom. The van der Waals surface area contributed by atoms with Gasteiger partial charge >= 0.3 is 5.97 Å². The summed E-state index contributed by atoms with van der Waals surface area (Å²) < 4.78 is 5.95. The summed E-state index contributed by atoms with van der Waals surface area (Å²) in [6, 6.07) is -0.259. The van der Waals surface area contributed by atoms with E-state index in [1.54, 1.807) is 58.9 Å². The molecular formula is C41H70N6O10. The second-order valence-electron chi connectivity index (χ2n) is 16.5. The molecule has 0 fully saturated rings. The van der Waals surface area contributed by atoms with E-state index in [0.717, 1.165) is 0 Å². The minimum absolute atomic E-state index is 0.00103. The summed E-state index contributed by atoms with van der Waals surface area (Å²) in [6.07, 6.45) is 0.100. The molecule has 0 spiro atoms. The van der Waals surface area contributed by atoms with Gasteiger partial charge < -0.3 is 52.0 Å². The molecule has 57 heavy (non-hydrogen) atoms. The monoisotopic (exact) mass is 807 g/mol. The van der Waals surface area contributed by atoms with Gasteiger partial charge in [-0.25, -0.2) is 4.79 Å². The van der Waals surface area contributed by atoms with Crippen LogP contribution in [-0.2, 0) is 35.2 Å². The first-order valence-corrected chi connectivity index (χ1v) is 20.0. The topological polar surface area (TPSA) is 250 Å². The Morgan fingerprint density at radius 3 is 1.77 bits per heavy atom. The molecule has 0 aliphatic heterocycles. The van der Waals surface area contributed by atoms with Crippen molar-refractivity contribution in [1.82, 2.24) is 26.2 Å². The maximum atomic E-state index is 14.4. The van der Waals surface area contributed by atoms with E-state index < -0.39 is 89.4 Å². The number of amides is 5. The van der Waals surface area contributed by atoms with Gasteiger partial charge in [0.15, 0.2) is 0 Å². The number of hydrogen-bond acceptors (Lipinski definition) is 10. The summed E-state index contributed by atoms with van der Waals surface area (Å²) in [5, 5.41) is 39.9. The fourth-order valence-corrected chi connectivity index (χ4v) is 5.99. The summed E-state index contributed by atoms with van der Waals surface area (Å²) >= 11 is 0. The molecule has 16 nitrogen and oxygen atoms in total. The molecule has 9 atom stereocenters. The molecule has 0 aliphatic rings. The summed E-state index contributed by atoms with van der Waals surface area (Å²) in [5.41, 5.74) is 6.26. The Hall–Kier alpha value is -4.28. The molecule has 0 bridgehead atoms. The Morgan fingerprint density at radius 1 is 0.789 bits per heavy atom. The number of aliphatic hydroxyl groups is 2. The van der Waals surface area contributed by atoms with Gasteiger partial charge in [0, 0.05) is 20.1 Å². The number of carboxylic acid groups (broad SMARTS) is 1. The van der Waals surface area contributed by atoms with E-state index in [-0.39, 0.29) is 37.7 Å². The van der Waals surface area contributed by atoms with Gasteiger partial charge in [-0.3, -0.25) is 24.0 Å². The number of ether oxygens (including phenoxy) is 1. The standard InChI is InChI=1S/C41H70N6O10/c1-12-24(5)32(37(52)46-34(26(7)49)38(53)43-30(40(55)56)21-23(3)4)44-36(51)31(22-27-16-18-28(19-17-27)57-41(8,9)10)47(11)39(54)33(25(6)13-2)45-35(50)29(42)15-14-20-48/h16-19,23-26,29-34,48-49H,12-15,20-22,42H2,1-11H3,(H,43,53)(H,44,51)(H,45,50)(H,46,52)(H,55,56)/t24-,25-,26+,29-,30-,31-,32-,33-,34-/m0/s1. The Bertz CT molecular complexity index is 1460. The Labute approximate surface area is 338 Å². The molecule has 1 aromatic rings. The number of benzene rings is 1. The number of hydrogen-bond donors (Lipinski definition) is 8. The average Bonchev–Trinajstić information content (AvgIpc) is 3.13. The second kappa shape index (κ2) is 23.8. The van der Waals surface area contributed by atoms with E-state index in [2.05, 4.69) is 21.3 Å². The van der Waals surface area contributed by atoms with Crippen molar-refractivity contribution in [3.05, 3.63) is 29.8 Å². The zero-order chi connectivity index (χ0) is 43.8. The maximum absolute atomic E-state index is 14.4. The smallest absolute Gasteiger partial charge is 0.326 e. The maximum Gasteiger partial charge on any atom is 0.326 e. The van der Waals surface area contributed by atoms with Crippen LogP contribution in [-0.4, -0.2) is 117 Å². The van der Waals surface area contributed by atoms with E-state index in [1.807, 2.05) is 27.7 Å². The SMILES string of the molecule is CC[C@H](C)[C@H](NC(=O)[C@H](Cc1ccc(OC(C)(C)C)cc1)N(C)C(=O)[C@@H](NC(=O)[C@@H](N)CCCO)[C@@H](C)CC)C(=O)N[C@H](C(=O)N[C@@H](CC(C)C)C(=O)O)[C@@H](C)O. The molecule has 9 N–H and O–H groups in total. The first kappa shape index (κ1) is 50.7. The van der Waals surface area contributed by atoms with Crippen molar-refractivity contribution >= 4 is 35.5 Å². The molecule has 0 aliphatic carbocycles. The molecule has 0 saturated carbocycles. The van der Waals surface area contributed by atoms with Crippen molar-refractivity contribution in [2.75, 3.05) is 13.7 Å². The summed E-state index contributed by atoms with van der Waals surface area (Å²) in [4.78, 5) is 82.1. The number of carbonyl (C=O) groups is 6. The van der Waals surface area contributed by atoms with Crippen LogP contribution in [0.5, 0.6) is 5.75 Å². The van der Waals surface area contributed by atoms with Gasteiger partial charge in [0.1, 0.15) is 41.6 Å². The lowest BCUT2D eigenvalue weighted by atomic mass is 9.94. The molecule has 324 valence electrons. The fraction of sp³-hybridized carbons (Fsp3) is 0.707. The van der Waals surface area contributed by atoms with Crippen LogP contribution < -0.4 is 31.7 Å². The van der Waals surface area contributed by atoms with Crippen molar-refractivity contribution in [2.24, 2.45) is 23.5 Å². The van der Waals surface area contributed by atoms with E-state index in [1.165, 1.54) is 18.9 Å². The van der Waals surface area contributed by atoms with Crippen LogP contribution in [0.25, 0.3) is 0 Å². The van der Waals surface area contributed by atoms with Crippen LogP contribution in [0, 0.1) is 17.8 Å². The largest absolute Gasteiger partial charge is 0.488 e. The molecule has 1 aromatic carbocycles. The van der Waals surface area contributed by atoms with Gasteiger partial charge in [-0.2, -0.15) is 0 Å².